The number of benzene rings is 2. The molecule has 1 amide bonds. The van der Waals surface area contributed by atoms with Crippen LogP contribution in [0.15, 0.2) is 48.5 Å². The van der Waals surface area contributed by atoms with Gasteiger partial charge >= 0.3 is 0 Å². The summed E-state index contributed by atoms with van der Waals surface area (Å²) in [5.74, 6) is -0.741. The summed E-state index contributed by atoms with van der Waals surface area (Å²) >= 11 is 16.9. The summed E-state index contributed by atoms with van der Waals surface area (Å²) < 4.78 is 10.6. The lowest BCUT2D eigenvalue weighted by Crippen LogP contribution is -2.38. The second kappa shape index (κ2) is 11.1. The maximum absolute atomic E-state index is 11.9. The number of nitrogens with zero attached hydrogens (tertiary/aromatic N) is 1. The smallest absolute Gasteiger partial charge is 0.276 e. The number of carbonyl (C=O) groups excluding carboxylic acids is 1. The van der Waals surface area contributed by atoms with Crippen molar-refractivity contribution in [1.82, 2.24) is 4.90 Å². The maximum Gasteiger partial charge on any atom is 0.276 e. The third kappa shape index (κ3) is 6.62. The summed E-state index contributed by atoms with van der Waals surface area (Å²) in [6, 6.07) is 14.7. The van der Waals surface area contributed by atoms with E-state index in [0.29, 0.717) is 25.2 Å². The zero-order chi connectivity index (χ0) is 24.3. The van der Waals surface area contributed by atoms with Crippen LogP contribution in [0.5, 0.6) is 0 Å². The van der Waals surface area contributed by atoms with Gasteiger partial charge in [-0.2, -0.15) is 0 Å². The Morgan fingerprint density at radius 3 is 2.32 bits per heavy atom. The molecular formula is C24H27Cl3N2O5. The summed E-state index contributed by atoms with van der Waals surface area (Å²) in [7, 11) is 0. The number of alkyl halides is 3. The molecule has 0 unspecified atom stereocenters. The van der Waals surface area contributed by atoms with Crippen molar-refractivity contribution in [1.29, 1.82) is 0 Å². The lowest BCUT2D eigenvalue weighted by molar-refractivity contribution is -0.252. The number of ether oxygens (including phenoxy) is 2. The van der Waals surface area contributed by atoms with E-state index in [1.165, 1.54) is 0 Å². The average Bonchev–Trinajstić information content (AvgIpc) is 3.23. The van der Waals surface area contributed by atoms with Crippen molar-refractivity contribution in [2.45, 2.75) is 47.8 Å². The zero-order valence-electron chi connectivity index (χ0n) is 18.4. The van der Waals surface area contributed by atoms with E-state index in [-0.39, 0.29) is 24.9 Å². The van der Waals surface area contributed by atoms with Crippen molar-refractivity contribution in [2.24, 2.45) is 0 Å². The molecule has 0 saturated carbocycles. The molecule has 4 atom stereocenters. The Labute approximate surface area is 213 Å². The van der Waals surface area contributed by atoms with Gasteiger partial charge in [0.05, 0.1) is 24.9 Å². The van der Waals surface area contributed by atoms with Crippen LogP contribution in [-0.4, -0.2) is 56.7 Å². The largest absolute Gasteiger partial charge is 0.392 e. The highest BCUT2D eigenvalue weighted by molar-refractivity contribution is 6.76. The average molecular weight is 530 g/mol. The molecule has 0 aliphatic carbocycles. The molecule has 2 fully saturated rings. The summed E-state index contributed by atoms with van der Waals surface area (Å²) in [6.07, 6.45) is 0.210. The summed E-state index contributed by atoms with van der Waals surface area (Å²) in [4.78, 5) is 14.1. The Bertz CT molecular complexity index is 968. The minimum atomic E-state index is -2.05. The van der Waals surface area contributed by atoms with Crippen LogP contribution in [0.3, 0.4) is 0 Å². The number of halogens is 3. The molecule has 34 heavy (non-hydrogen) atoms. The Balaban J connectivity index is 1.50. The zero-order valence-corrected chi connectivity index (χ0v) is 20.6. The van der Waals surface area contributed by atoms with Crippen LogP contribution >= 0.6 is 34.8 Å². The first-order chi connectivity index (χ1) is 16.2. The number of nitrogens with one attached hydrogen (secondary N) is 1. The number of likely N-dealkylation sites (tertiary alicyclic amines) is 1. The molecule has 184 valence electrons. The second-order valence-corrected chi connectivity index (χ2v) is 10.9. The quantitative estimate of drug-likeness (QED) is 0.488. The number of hydrogen-bond acceptors (Lipinski definition) is 6. The van der Waals surface area contributed by atoms with Crippen molar-refractivity contribution in [3.8, 4) is 0 Å². The van der Waals surface area contributed by atoms with Crippen LogP contribution in [0.2, 0.25) is 0 Å². The van der Waals surface area contributed by atoms with Gasteiger partial charge in [0.15, 0.2) is 6.29 Å². The molecule has 2 aliphatic rings. The highest BCUT2D eigenvalue weighted by Crippen LogP contribution is 2.38. The number of rotatable bonds is 6. The minimum Gasteiger partial charge on any atom is -0.392 e. The van der Waals surface area contributed by atoms with E-state index < -0.39 is 16.0 Å². The van der Waals surface area contributed by atoms with Gasteiger partial charge in [0.25, 0.3) is 9.70 Å². The predicted octanol–water partition coefficient (Wildman–Crippen LogP) is 4.10. The monoisotopic (exact) mass is 528 g/mol. The van der Waals surface area contributed by atoms with E-state index >= 15 is 0 Å². The van der Waals surface area contributed by atoms with Crippen LogP contribution < -0.4 is 5.32 Å². The molecule has 2 aromatic rings. The number of hydrogen-bond donors (Lipinski definition) is 3. The Morgan fingerprint density at radius 2 is 1.74 bits per heavy atom. The van der Waals surface area contributed by atoms with Crippen molar-refractivity contribution in [3.63, 3.8) is 0 Å². The van der Waals surface area contributed by atoms with Crippen LogP contribution in [0.25, 0.3) is 0 Å². The van der Waals surface area contributed by atoms with E-state index in [2.05, 4.69) is 10.2 Å². The van der Waals surface area contributed by atoms with E-state index in [4.69, 9.17) is 44.3 Å². The van der Waals surface area contributed by atoms with Gasteiger partial charge < -0.3 is 25.0 Å². The SMILES string of the molecule is O=C(Nc1ccc([C@H]2O[C@@H](CN3CC[C@H](O)C3)C[C@@H](c3ccc(CO)cc3)O2)cc1)C(Cl)(Cl)Cl. The van der Waals surface area contributed by atoms with Crippen molar-refractivity contribution < 1.29 is 24.5 Å². The van der Waals surface area contributed by atoms with Crippen molar-refractivity contribution in [2.75, 3.05) is 25.0 Å². The lowest BCUT2D eigenvalue weighted by atomic mass is 9.99. The molecule has 0 bridgehead atoms. The number of carbonyl (C=O) groups is 1. The number of aliphatic hydroxyl groups is 2. The first-order valence-electron chi connectivity index (χ1n) is 11.1. The normalized spacial score (nSPS) is 25.9. The van der Waals surface area contributed by atoms with E-state index in [9.17, 15) is 15.0 Å². The fourth-order valence-electron chi connectivity index (χ4n) is 4.22. The van der Waals surface area contributed by atoms with E-state index in [1.54, 1.807) is 24.3 Å². The van der Waals surface area contributed by atoms with Crippen LogP contribution in [0.1, 0.15) is 41.9 Å². The first-order valence-corrected chi connectivity index (χ1v) is 12.2. The molecule has 3 N–H and O–H groups in total. The number of aliphatic hydroxyl groups excluding tert-OH is 2. The first kappa shape index (κ1) is 25.7. The summed E-state index contributed by atoms with van der Waals surface area (Å²) in [5, 5.41) is 21.8. The topological polar surface area (TPSA) is 91.3 Å². The van der Waals surface area contributed by atoms with Gasteiger partial charge in [-0.3, -0.25) is 9.69 Å². The van der Waals surface area contributed by atoms with Gasteiger partial charge in [-0.25, -0.2) is 0 Å². The third-order valence-electron chi connectivity index (χ3n) is 6.02. The molecule has 2 aromatic carbocycles. The standard InChI is InChI=1S/C24H27Cl3N2O5/c25-24(26,27)23(32)28-18-7-5-17(6-8-18)22-33-20(13-29-10-9-19(31)12-29)11-21(34-22)16-3-1-15(14-30)2-4-16/h1-8,19-22,30-31H,9-14H2,(H,28,32)/t19-,20+,21-,22-/m0/s1. The minimum absolute atomic E-state index is 0.0153. The molecule has 2 aliphatic heterocycles. The molecule has 0 spiro atoms. The summed E-state index contributed by atoms with van der Waals surface area (Å²) in [6.45, 7) is 2.15. The fourth-order valence-corrected chi connectivity index (χ4v) is 4.37. The number of anilines is 1. The Hall–Kier alpha value is -1.42. The lowest BCUT2D eigenvalue weighted by Gasteiger charge is -2.37. The molecule has 7 nitrogen and oxygen atoms in total. The van der Waals surface area contributed by atoms with Crippen molar-refractivity contribution >= 4 is 46.4 Å². The molecule has 4 rings (SSSR count). The number of amides is 1. The summed E-state index contributed by atoms with van der Waals surface area (Å²) in [5.41, 5.74) is 3.11. The highest BCUT2D eigenvalue weighted by atomic mass is 35.6. The number of β-amino-alcohol motifs (C(OH)–C–C–N with tert-alkyl or cyclic N) is 1. The van der Waals surface area contributed by atoms with E-state index in [1.807, 2.05) is 24.3 Å². The second-order valence-electron chi connectivity index (χ2n) is 8.63. The Kier molecular flexibility index (Phi) is 8.38. The molecule has 2 saturated heterocycles. The van der Waals surface area contributed by atoms with Gasteiger partial charge in [0, 0.05) is 37.3 Å². The maximum atomic E-state index is 11.9. The van der Waals surface area contributed by atoms with E-state index in [0.717, 1.165) is 29.7 Å². The molecule has 0 aromatic heterocycles. The van der Waals surface area contributed by atoms with Crippen LogP contribution in [-0.2, 0) is 20.9 Å². The Morgan fingerprint density at radius 1 is 1.06 bits per heavy atom. The molecular weight excluding hydrogens is 503 g/mol. The predicted molar refractivity (Wildman–Crippen MR) is 131 cm³/mol. The molecule has 2 heterocycles. The van der Waals surface area contributed by atoms with Gasteiger partial charge in [-0.05, 0) is 29.7 Å². The van der Waals surface area contributed by atoms with Crippen LogP contribution in [0, 0.1) is 0 Å². The highest BCUT2D eigenvalue weighted by Gasteiger charge is 2.35. The van der Waals surface area contributed by atoms with Gasteiger partial charge in [-0.1, -0.05) is 71.2 Å². The van der Waals surface area contributed by atoms with Gasteiger partial charge in [-0.15, -0.1) is 0 Å². The molecule has 10 heteroatoms. The van der Waals surface area contributed by atoms with Crippen LogP contribution in [0.4, 0.5) is 5.69 Å². The fraction of sp³-hybridized carbons (Fsp3) is 0.458. The molecule has 0 radical (unpaired) electrons. The van der Waals surface area contributed by atoms with Crippen molar-refractivity contribution in [3.05, 3.63) is 65.2 Å². The van der Waals surface area contributed by atoms with Gasteiger partial charge in [0.2, 0.25) is 0 Å². The van der Waals surface area contributed by atoms with Gasteiger partial charge in [0.1, 0.15) is 0 Å². The third-order valence-corrected chi connectivity index (χ3v) is 6.54.